The lowest BCUT2D eigenvalue weighted by Crippen LogP contribution is -2.41. The number of ether oxygens (including phenoxy) is 1. The summed E-state index contributed by atoms with van der Waals surface area (Å²) in [4.78, 5) is 11.5. The molecule has 0 aliphatic carbocycles. The van der Waals surface area contributed by atoms with Gasteiger partial charge in [0.2, 0.25) is 0 Å². The Morgan fingerprint density at radius 3 is 2.20 bits per heavy atom. The van der Waals surface area contributed by atoms with E-state index in [0.29, 0.717) is 0 Å². The van der Waals surface area contributed by atoms with Gasteiger partial charge in [0.15, 0.2) is 0 Å². The standard InChI is InChI=1S/C12H22F3NO3S/c1-10(2,3)19-9(18)16-7-11(4,8-17)5-6-20-12(13,14)15/h17H,5-8H2,1-4H3,(H,16,18). The molecule has 0 saturated heterocycles. The van der Waals surface area contributed by atoms with Crippen molar-refractivity contribution in [1.82, 2.24) is 5.32 Å². The molecule has 8 heteroatoms. The van der Waals surface area contributed by atoms with Gasteiger partial charge in [-0.2, -0.15) is 13.2 Å². The van der Waals surface area contributed by atoms with Crippen molar-refractivity contribution in [2.75, 3.05) is 18.9 Å². The number of amides is 1. The molecule has 4 nitrogen and oxygen atoms in total. The van der Waals surface area contributed by atoms with Crippen LogP contribution >= 0.6 is 11.8 Å². The number of hydrogen-bond acceptors (Lipinski definition) is 4. The molecule has 0 aromatic heterocycles. The third-order valence-electron chi connectivity index (χ3n) is 2.41. The summed E-state index contributed by atoms with van der Waals surface area (Å²) in [7, 11) is 0. The maximum Gasteiger partial charge on any atom is 0.441 e. The number of alkyl carbamates (subject to hydrolysis) is 1. The maximum absolute atomic E-state index is 12.0. The minimum atomic E-state index is -4.28. The number of carbonyl (C=O) groups excluding carboxylic acids is 1. The molecule has 0 heterocycles. The molecule has 120 valence electrons. The molecule has 0 saturated carbocycles. The van der Waals surface area contributed by atoms with Gasteiger partial charge < -0.3 is 15.2 Å². The van der Waals surface area contributed by atoms with Gasteiger partial charge >= 0.3 is 11.6 Å². The molecular weight excluding hydrogens is 295 g/mol. The highest BCUT2D eigenvalue weighted by molar-refractivity contribution is 8.00. The molecule has 0 bridgehead atoms. The summed E-state index contributed by atoms with van der Waals surface area (Å²) >= 11 is -0.135. The van der Waals surface area contributed by atoms with E-state index in [1.807, 2.05) is 0 Å². The number of alkyl halides is 3. The predicted molar refractivity (Wildman–Crippen MR) is 72.6 cm³/mol. The third-order valence-corrected chi connectivity index (χ3v) is 3.15. The zero-order valence-corrected chi connectivity index (χ0v) is 13.0. The summed E-state index contributed by atoms with van der Waals surface area (Å²) in [6, 6.07) is 0. The summed E-state index contributed by atoms with van der Waals surface area (Å²) in [6.07, 6.45) is -0.524. The number of rotatable bonds is 6. The molecule has 0 spiro atoms. The fraction of sp³-hybridized carbons (Fsp3) is 0.917. The third kappa shape index (κ3) is 10.2. The van der Waals surface area contributed by atoms with Crippen molar-refractivity contribution in [3.63, 3.8) is 0 Å². The van der Waals surface area contributed by atoms with Crippen molar-refractivity contribution < 1.29 is 27.8 Å². The summed E-state index contributed by atoms with van der Waals surface area (Å²) in [5.74, 6) is -0.170. The highest BCUT2D eigenvalue weighted by Gasteiger charge is 2.31. The summed E-state index contributed by atoms with van der Waals surface area (Å²) in [5, 5.41) is 11.7. The van der Waals surface area contributed by atoms with Crippen LogP contribution in [0, 0.1) is 5.41 Å². The largest absolute Gasteiger partial charge is 0.444 e. The normalized spacial score (nSPS) is 15.6. The lowest BCUT2D eigenvalue weighted by Gasteiger charge is -2.28. The highest BCUT2D eigenvalue weighted by Crippen LogP contribution is 2.33. The molecule has 0 aliphatic rings. The van der Waals surface area contributed by atoms with Gasteiger partial charge in [0.05, 0.1) is 6.61 Å². The van der Waals surface area contributed by atoms with Gasteiger partial charge in [0.25, 0.3) is 0 Å². The van der Waals surface area contributed by atoms with Crippen molar-refractivity contribution >= 4 is 17.9 Å². The van der Waals surface area contributed by atoms with Gasteiger partial charge in [-0.1, -0.05) is 18.7 Å². The number of carbonyl (C=O) groups is 1. The molecule has 1 unspecified atom stereocenters. The quantitative estimate of drug-likeness (QED) is 0.790. The Hall–Kier alpha value is -0.630. The number of hydrogen-bond donors (Lipinski definition) is 2. The summed E-state index contributed by atoms with van der Waals surface area (Å²) in [6.45, 7) is 6.47. The Bertz CT molecular complexity index is 318. The Labute approximate surface area is 121 Å². The SMILES string of the molecule is CC(CO)(CCSC(F)(F)F)CNC(=O)OC(C)(C)C. The minimum absolute atomic E-state index is 0.0524. The first-order valence-electron chi connectivity index (χ1n) is 6.15. The van der Waals surface area contributed by atoms with Crippen LogP contribution in [0.3, 0.4) is 0 Å². The van der Waals surface area contributed by atoms with Crippen LogP contribution in [0.15, 0.2) is 0 Å². The van der Waals surface area contributed by atoms with Gasteiger partial charge in [-0.15, -0.1) is 0 Å². The molecule has 0 aromatic rings. The van der Waals surface area contributed by atoms with E-state index < -0.39 is 22.6 Å². The number of halogens is 3. The highest BCUT2D eigenvalue weighted by atomic mass is 32.2. The average Bonchev–Trinajstić information content (AvgIpc) is 2.22. The monoisotopic (exact) mass is 317 g/mol. The smallest absolute Gasteiger partial charge is 0.441 e. The van der Waals surface area contributed by atoms with Crippen LogP contribution in [0.25, 0.3) is 0 Å². The van der Waals surface area contributed by atoms with Crippen molar-refractivity contribution in [2.45, 2.75) is 45.2 Å². The van der Waals surface area contributed by atoms with Crippen molar-refractivity contribution in [2.24, 2.45) is 5.41 Å². The zero-order valence-electron chi connectivity index (χ0n) is 12.1. The van der Waals surface area contributed by atoms with Crippen LogP contribution in [0.2, 0.25) is 0 Å². The number of nitrogens with one attached hydrogen (secondary N) is 1. The predicted octanol–water partition coefficient (Wildman–Crippen LogP) is 3.15. The van der Waals surface area contributed by atoms with Gasteiger partial charge in [0, 0.05) is 17.7 Å². The van der Waals surface area contributed by atoms with E-state index in [-0.39, 0.29) is 37.1 Å². The number of aliphatic hydroxyl groups is 1. The second-order valence-corrected chi connectivity index (χ2v) is 7.03. The van der Waals surface area contributed by atoms with Gasteiger partial charge in [0.1, 0.15) is 5.60 Å². The summed E-state index contributed by atoms with van der Waals surface area (Å²) < 4.78 is 41.2. The Morgan fingerprint density at radius 2 is 1.80 bits per heavy atom. The lowest BCUT2D eigenvalue weighted by molar-refractivity contribution is -0.0330. The first kappa shape index (κ1) is 19.4. The first-order valence-corrected chi connectivity index (χ1v) is 7.14. The second kappa shape index (κ2) is 7.40. The Morgan fingerprint density at radius 1 is 1.25 bits per heavy atom. The van der Waals surface area contributed by atoms with E-state index in [9.17, 15) is 23.1 Å². The molecule has 0 rings (SSSR count). The number of aliphatic hydroxyl groups excluding tert-OH is 1. The van der Waals surface area contributed by atoms with E-state index in [1.165, 1.54) is 0 Å². The van der Waals surface area contributed by atoms with Crippen molar-refractivity contribution in [1.29, 1.82) is 0 Å². The molecular formula is C12H22F3NO3S. The second-order valence-electron chi connectivity index (χ2n) is 5.87. The van der Waals surface area contributed by atoms with E-state index in [4.69, 9.17) is 4.74 Å². The Kier molecular flexibility index (Phi) is 7.17. The fourth-order valence-electron chi connectivity index (χ4n) is 1.24. The lowest BCUT2D eigenvalue weighted by atomic mass is 9.88. The summed E-state index contributed by atoms with van der Waals surface area (Å²) in [5.41, 5.74) is -5.74. The molecule has 0 aliphatic heterocycles. The fourth-order valence-corrected chi connectivity index (χ4v) is 2.06. The molecule has 2 N–H and O–H groups in total. The topological polar surface area (TPSA) is 58.6 Å². The van der Waals surface area contributed by atoms with Crippen LogP contribution < -0.4 is 5.32 Å². The molecule has 0 fully saturated rings. The van der Waals surface area contributed by atoms with E-state index in [1.54, 1.807) is 27.7 Å². The van der Waals surface area contributed by atoms with Gasteiger partial charge in [-0.05, 0) is 27.2 Å². The first-order chi connectivity index (χ1) is 8.87. The van der Waals surface area contributed by atoms with Crippen molar-refractivity contribution in [3.8, 4) is 0 Å². The van der Waals surface area contributed by atoms with E-state index in [0.717, 1.165) is 0 Å². The molecule has 20 heavy (non-hydrogen) atoms. The number of thioether (sulfide) groups is 1. The maximum atomic E-state index is 12.0. The molecule has 0 aromatic carbocycles. The van der Waals surface area contributed by atoms with Crippen LogP contribution in [0.1, 0.15) is 34.1 Å². The average molecular weight is 317 g/mol. The van der Waals surface area contributed by atoms with Crippen LogP contribution in [-0.4, -0.2) is 41.2 Å². The minimum Gasteiger partial charge on any atom is -0.444 e. The zero-order chi connectivity index (χ0) is 16.0. The van der Waals surface area contributed by atoms with Crippen LogP contribution in [0.5, 0.6) is 0 Å². The Balaban J connectivity index is 4.21. The molecule has 0 radical (unpaired) electrons. The van der Waals surface area contributed by atoms with E-state index >= 15 is 0 Å². The van der Waals surface area contributed by atoms with Crippen molar-refractivity contribution in [3.05, 3.63) is 0 Å². The molecule has 1 atom stereocenters. The van der Waals surface area contributed by atoms with E-state index in [2.05, 4.69) is 5.32 Å². The van der Waals surface area contributed by atoms with Gasteiger partial charge in [-0.25, -0.2) is 4.79 Å². The van der Waals surface area contributed by atoms with Gasteiger partial charge in [-0.3, -0.25) is 0 Å². The van der Waals surface area contributed by atoms with Crippen LogP contribution in [-0.2, 0) is 4.74 Å². The molecule has 1 amide bonds. The van der Waals surface area contributed by atoms with Crippen LogP contribution in [0.4, 0.5) is 18.0 Å².